The van der Waals surface area contributed by atoms with Gasteiger partial charge in [0.15, 0.2) is 5.78 Å². The molecule has 0 unspecified atom stereocenters. The fourth-order valence-corrected chi connectivity index (χ4v) is 2.69. The third kappa shape index (κ3) is 3.57. The van der Waals surface area contributed by atoms with Crippen molar-refractivity contribution >= 4 is 17.5 Å². The van der Waals surface area contributed by atoms with Crippen molar-refractivity contribution in [2.24, 2.45) is 0 Å². The lowest BCUT2D eigenvalue weighted by Gasteiger charge is -2.03. The summed E-state index contributed by atoms with van der Waals surface area (Å²) in [7, 11) is 1.51. The van der Waals surface area contributed by atoms with E-state index in [-0.39, 0.29) is 28.4 Å². The van der Waals surface area contributed by atoms with Crippen LogP contribution in [0.2, 0.25) is 0 Å². The van der Waals surface area contributed by atoms with Crippen LogP contribution < -0.4 is 4.74 Å². The van der Waals surface area contributed by atoms with Gasteiger partial charge >= 0.3 is 0 Å². The molecular formula is C17H14N2O4S. The number of ketones is 1. The highest BCUT2D eigenvalue weighted by Crippen LogP contribution is 2.32. The first kappa shape index (κ1) is 16.1. The van der Waals surface area contributed by atoms with E-state index in [1.54, 1.807) is 24.3 Å². The maximum absolute atomic E-state index is 12.1. The molecule has 0 spiro atoms. The van der Waals surface area contributed by atoms with Gasteiger partial charge in [0.1, 0.15) is 11.5 Å². The monoisotopic (exact) mass is 342 g/mol. The Kier molecular flexibility index (Phi) is 4.81. The first-order valence-electron chi connectivity index (χ1n) is 7.09. The van der Waals surface area contributed by atoms with Crippen LogP contribution in [0.5, 0.6) is 11.5 Å². The summed E-state index contributed by atoms with van der Waals surface area (Å²) in [5.41, 5.74) is 1.04. The van der Waals surface area contributed by atoms with Crippen LogP contribution in [0.15, 0.2) is 58.2 Å². The Bertz CT molecular complexity index is 849. The highest BCUT2D eigenvalue weighted by atomic mass is 32.2. The minimum Gasteiger partial charge on any atom is -0.507 e. The van der Waals surface area contributed by atoms with Crippen LogP contribution in [0, 0.1) is 0 Å². The van der Waals surface area contributed by atoms with Crippen LogP contribution in [0.1, 0.15) is 10.4 Å². The van der Waals surface area contributed by atoms with Crippen LogP contribution in [0.25, 0.3) is 11.5 Å². The first-order chi connectivity index (χ1) is 11.7. The van der Waals surface area contributed by atoms with Crippen molar-refractivity contribution in [1.82, 2.24) is 10.2 Å². The van der Waals surface area contributed by atoms with Gasteiger partial charge in [-0.05, 0) is 12.1 Å². The Morgan fingerprint density at radius 3 is 2.71 bits per heavy atom. The summed E-state index contributed by atoms with van der Waals surface area (Å²) in [5, 5.41) is 18.0. The molecule has 1 heterocycles. The van der Waals surface area contributed by atoms with Gasteiger partial charge in [0.2, 0.25) is 0 Å². The van der Waals surface area contributed by atoms with E-state index in [0.717, 1.165) is 11.8 Å². The molecule has 0 bridgehead atoms. The standard InChI is InChI=1S/C17H14N2O4S/c1-22-12-7-8-13(14(20)9-12)16-18-19-17(23-16)24-10-15(21)11-5-3-2-4-6-11/h2-9,20H,10H2,1H3. The second-order valence-corrected chi connectivity index (χ2v) is 5.76. The number of thioether (sulfide) groups is 1. The van der Waals surface area contributed by atoms with Crippen molar-refractivity contribution in [2.75, 3.05) is 12.9 Å². The SMILES string of the molecule is COc1ccc(-c2nnc(SCC(=O)c3ccccc3)o2)c(O)c1. The van der Waals surface area contributed by atoms with Crippen molar-refractivity contribution < 1.29 is 19.1 Å². The molecule has 0 aliphatic carbocycles. The zero-order chi connectivity index (χ0) is 16.9. The molecule has 6 nitrogen and oxygen atoms in total. The predicted octanol–water partition coefficient (Wildman–Crippen LogP) is 3.43. The average molecular weight is 342 g/mol. The number of hydrogen-bond acceptors (Lipinski definition) is 7. The largest absolute Gasteiger partial charge is 0.507 e. The van der Waals surface area contributed by atoms with E-state index < -0.39 is 0 Å². The summed E-state index contributed by atoms with van der Waals surface area (Å²) in [5.74, 6) is 0.867. The smallest absolute Gasteiger partial charge is 0.277 e. The molecule has 0 saturated heterocycles. The number of aromatic nitrogens is 2. The molecule has 0 atom stereocenters. The Morgan fingerprint density at radius 1 is 1.21 bits per heavy atom. The molecule has 0 aliphatic rings. The van der Waals surface area contributed by atoms with Crippen LogP contribution >= 0.6 is 11.8 Å². The number of carbonyl (C=O) groups excluding carboxylic acids is 1. The molecule has 1 N–H and O–H groups in total. The summed E-state index contributed by atoms with van der Waals surface area (Å²) in [4.78, 5) is 12.1. The van der Waals surface area contributed by atoms with E-state index in [4.69, 9.17) is 9.15 Å². The van der Waals surface area contributed by atoms with Gasteiger partial charge in [-0.25, -0.2) is 0 Å². The molecule has 0 radical (unpaired) electrons. The Hall–Kier alpha value is -2.80. The summed E-state index contributed by atoms with van der Waals surface area (Å²) in [6.45, 7) is 0. The van der Waals surface area contributed by atoms with Gasteiger partial charge in [-0.2, -0.15) is 0 Å². The number of phenolic OH excluding ortho intramolecular Hbond substituents is 1. The summed E-state index contributed by atoms with van der Waals surface area (Å²) >= 11 is 1.16. The van der Waals surface area contributed by atoms with Crippen LogP contribution in [0.4, 0.5) is 0 Å². The van der Waals surface area contributed by atoms with Crippen LogP contribution in [-0.2, 0) is 0 Å². The van der Waals surface area contributed by atoms with Crippen molar-refractivity contribution in [2.45, 2.75) is 5.22 Å². The molecular weight excluding hydrogens is 328 g/mol. The van der Waals surface area contributed by atoms with E-state index in [0.29, 0.717) is 16.9 Å². The first-order valence-corrected chi connectivity index (χ1v) is 8.08. The maximum atomic E-state index is 12.1. The highest BCUT2D eigenvalue weighted by Gasteiger charge is 2.15. The quantitative estimate of drug-likeness (QED) is 0.542. The van der Waals surface area contributed by atoms with Crippen LogP contribution in [0.3, 0.4) is 0 Å². The summed E-state index contributed by atoms with van der Waals surface area (Å²) in [6.07, 6.45) is 0. The number of phenols is 1. The van der Waals surface area contributed by atoms with Crippen molar-refractivity contribution in [3.63, 3.8) is 0 Å². The minimum atomic E-state index is -0.0207. The Balaban J connectivity index is 1.69. The molecule has 24 heavy (non-hydrogen) atoms. The normalized spacial score (nSPS) is 10.5. The van der Waals surface area contributed by atoms with Crippen molar-refractivity contribution in [3.05, 3.63) is 54.1 Å². The summed E-state index contributed by atoms with van der Waals surface area (Å²) in [6, 6.07) is 13.8. The van der Waals surface area contributed by atoms with Gasteiger partial charge in [-0.15, -0.1) is 10.2 Å². The fourth-order valence-electron chi connectivity index (χ4n) is 2.03. The average Bonchev–Trinajstić information content (AvgIpc) is 3.09. The van der Waals surface area contributed by atoms with Gasteiger partial charge in [-0.1, -0.05) is 42.1 Å². The molecule has 0 fully saturated rings. The molecule has 3 aromatic rings. The lowest BCUT2D eigenvalue weighted by molar-refractivity contribution is 0.102. The molecule has 3 rings (SSSR count). The third-order valence-electron chi connectivity index (χ3n) is 3.26. The fraction of sp³-hybridized carbons (Fsp3) is 0.118. The number of methoxy groups -OCH3 is 1. The topological polar surface area (TPSA) is 85.5 Å². The zero-order valence-corrected chi connectivity index (χ0v) is 13.6. The number of ether oxygens (including phenoxy) is 1. The highest BCUT2D eigenvalue weighted by molar-refractivity contribution is 7.99. The van der Waals surface area contributed by atoms with E-state index in [9.17, 15) is 9.90 Å². The number of carbonyl (C=O) groups is 1. The predicted molar refractivity (Wildman–Crippen MR) is 89.4 cm³/mol. The molecule has 122 valence electrons. The maximum Gasteiger partial charge on any atom is 0.277 e. The molecule has 7 heteroatoms. The second-order valence-electron chi connectivity index (χ2n) is 4.83. The zero-order valence-electron chi connectivity index (χ0n) is 12.8. The molecule has 2 aromatic carbocycles. The lowest BCUT2D eigenvalue weighted by Crippen LogP contribution is -2.01. The van der Waals surface area contributed by atoms with Gasteiger partial charge in [0.05, 0.1) is 18.4 Å². The van der Waals surface area contributed by atoms with E-state index in [1.807, 2.05) is 18.2 Å². The minimum absolute atomic E-state index is 0.0186. The van der Waals surface area contributed by atoms with Gasteiger partial charge in [-0.3, -0.25) is 4.79 Å². The number of nitrogens with zero attached hydrogens (tertiary/aromatic N) is 2. The lowest BCUT2D eigenvalue weighted by atomic mass is 10.2. The molecule has 0 aliphatic heterocycles. The number of aromatic hydroxyl groups is 1. The number of rotatable bonds is 6. The van der Waals surface area contributed by atoms with E-state index in [1.165, 1.54) is 13.2 Å². The molecule has 0 amide bonds. The third-order valence-corrected chi connectivity index (χ3v) is 4.08. The van der Waals surface area contributed by atoms with Gasteiger partial charge in [0.25, 0.3) is 11.1 Å². The Morgan fingerprint density at radius 2 is 2.00 bits per heavy atom. The number of hydrogen-bond donors (Lipinski definition) is 1. The van der Waals surface area contributed by atoms with Crippen molar-refractivity contribution in [1.29, 1.82) is 0 Å². The Labute approximate surface area is 142 Å². The van der Waals surface area contributed by atoms with E-state index in [2.05, 4.69) is 10.2 Å². The van der Waals surface area contributed by atoms with Crippen molar-refractivity contribution in [3.8, 4) is 23.0 Å². The van der Waals surface area contributed by atoms with Gasteiger partial charge < -0.3 is 14.3 Å². The van der Waals surface area contributed by atoms with E-state index >= 15 is 0 Å². The molecule has 0 saturated carbocycles. The second kappa shape index (κ2) is 7.18. The number of Topliss-reactive ketones (excluding diaryl/α,β-unsaturated/α-hetero) is 1. The summed E-state index contributed by atoms with van der Waals surface area (Å²) < 4.78 is 10.5. The molecule has 1 aromatic heterocycles. The van der Waals surface area contributed by atoms with Gasteiger partial charge in [0, 0.05) is 11.6 Å². The number of benzene rings is 2. The van der Waals surface area contributed by atoms with Crippen LogP contribution in [-0.4, -0.2) is 33.9 Å².